The molecule has 314 valence electrons. The Morgan fingerprint density at radius 2 is 1.76 bits per heavy atom. The highest BCUT2D eigenvalue weighted by molar-refractivity contribution is 7.12. The van der Waals surface area contributed by atoms with Crippen LogP contribution in [-0.2, 0) is 29.4 Å². The number of halogens is 1. The van der Waals surface area contributed by atoms with E-state index in [1.165, 1.54) is 66.0 Å². The summed E-state index contributed by atoms with van der Waals surface area (Å²) < 4.78 is 17.1. The quantitative estimate of drug-likeness (QED) is 0.0462. The first-order valence-electron chi connectivity index (χ1n) is 18.8. The molecule has 1 saturated heterocycles. The fourth-order valence-corrected chi connectivity index (χ4v) is 8.89. The highest BCUT2D eigenvalue weighted by atomic mass is 35.5. The van der Waals surface area contributed by atoms with Crippen molar-refractivity contribution < 1.29 is 39.1 Å². The van der Waals surface area contributed by atoms with E-state index in [2.05, 4.69) is 20.9 Å². The molecule has 1 spiro atoms. The number of nitrogens with one attached hydrogen (secondary N) is 2. The number of methoxy groups -OCH3 is 2. The van der Waals surface area contributed by atoms with Gasteiger partial charge in [0.2, 0.25) is 12.0 Å². The summed E-state index contributed by atoms with van der Waals surface area (Å²) in [7, 11) is 3.40. The van der Waals surface area contributed by atoms with Gasteiger partial charge in [-0.05, 0) is 91.7 Å². The number of thiophene rings is 2. The van der Waals surface area contributed by atoms with Gasteiger partial charge in [-0.2, -0.15) is 0 Å². The number of aliphatic hydroxyl groups excluding tert-OH is 1. The minimum absolute atomic E-state index is 0.0447. The van der Waals surface area contributed by atoms with Gasteiger partial charge in [0.1, 0.15) is 23.9 Å². The summed E-state index contributed by atoms with van der Waals surface area (Å²) in [5.74, 6) is 1.08. The topological polar surface area (TPSA) is 197 Å². The highest BCUT2D eigenvalue weighted by Crippen LogP contribution is 2.50. The lowest BCUT2D eigenvalue weighted by Gasteiger charge is -2.51. The molecule has 1 aliphatic carbocycles. The smallest absolute Gasteiger partial charge is 0.248 e. The van der Waals surface area contributed by atoms with E-state index in [1.807, 2.05) is 43.0 Å². The molecule has 1 saturated carbocycles. The number of aldehydes is 1. The van der Waals surface area contributed by atoms with Crippen LogP contribution in [0.25, 0.3) is 10.9 Å². The van der Waals surface area contributed by atoms with Crippen molar-refractivity contribution in [2.45, 2.75) is 50.4 Å². The second-order valence-corrected chi connectivity index (χ2v) is 16.0. The molecule has 2 fully saturated rings. The summed E-state index contributed by atoms with van der Waals surface area (Å²) in [4.78, 5) is 37.6. The number of aromatic amines is 1. The number of aliphatic hydroxyl groups is 2. The van der Waals surface area contributed by atoms with Crippen LogP contribution in [0.15, 0.2) is 98.9 Å². The van der Waals surface area contributed by atoms with Gasteiger partial charge in [0.15, 0.2) is 11.9 Å². The predicted molar refractivity (Wildman–Crippen MR) is 229 cm³/mol. The number of amides is 1. The number of ether oxygens (including phenoxy) is 3. The number of rotatable bonds is 16. The number of piperidine rings is 1. The van der Waals surface area contributed by atoms with Crippen molar-refractivity contribution in [3.8, 4) is 5.75 Å². The number of likely N-dealkylation sites (tertiary alicyclic amines) is 1. The Morgan fingerprint density at radius 3 is 2.29 bits per heavy atom. The molecule has 16 heteroatoms. The Labute approximate surface area is 351 Å². The molecule has 1 atom stereocenters. The lowest BCUT2D eigenvalue weighted by molar-refractivity contribution is -0.120. The monoisotopic (exact) mass is 856 g/mol. The van der Waals surface area contributed by atoms with Gasteiger partial charge in [-0.15, -0.1) is 22.7 Å². The van der Waals surface area contributed by atoms with Crippen molar-refractivity contribution in [1.29, 1.82) is 0 Å². The zero-order valence-electron chi connectivity index (χ0n) is 32.9. The van der Waals surface area contributed by atoms with Gasteiger partial charge in [0.05, 0.1) is 24.8 Å². The third-order valence-corrected chi connectivity index (χ3v) is 12.6. The number of phenolic OH excluding ortho intramolecular Hbond substituents is 1. The number of phenols is 1. The summed E-state index contributed by atoms with van der Waals surface area (Å²) in [6, 6.07) is 13.3. The molecule has 6 rings (SSSR count). The number of hydrogen-bond donors (Lipinski definition) is 6. The first-order valence-corrected chi connectivity index (χ1v) is 20.9. The maximum atomic E-state index is 11.7. The zero-order valence-corrected chi connectivity index (χ0v) is 35.3. The molecule has 13 nitrogen and oxygen atoms in total. The average molecular weight is 857 g/mol. The van der Waals surface area contributed by atoms with Crippen LogP contribution in [0.4, 0.5) is 0 Å². The lowest BCUT2D eigenvalue weighted by Crippen LogP contribution is -2.50. The van der Waals surface area contributed by atoms with Gasteiger partial charge < -0.3 is 45.6 Å². The number of allylic oxidation sites excluding steroid dienone is 2. The maximum absolute atomic E-state index is 11.7. The van der Waals surface area contributed by atoms with Crippen LogP contribution >= 0.6 is 34.3 Å². The maximum Gasteiger partial charge on any atom is 0.248 e. The summed E-state index contributed by atoms with van der Waals surface area (Å²) in [6.07, 6.45) is 8.93. The second kappa shape index (κ2) is 22.7. The molecule has 2 aliphatic rings. The van der Waals surface area contributed by atoms with Crippen molar-refractivity contribution >= 4 is 57.9 Å². The van der Waals surface area contributed by atoms with E-state index in [4.69, 9.17) is 30.6 Å². The van der Waals surface area contributed by atoms with Gasteiger partial charge in [0.25, 0.3) is 0 Å². The van der Waals surface area contributed by atoms with Crippen molar-refractivity contribution in [1.82, 2.24) is 15.2 Å². The Kier molecular flexibility index (Phi) is 18.2. The molecule has 4 heterocycles. The first-order chi connectivity index (χ1) is 28.0. The Hall–Kier alpha value is -4.32. The molecule has 1 aromatic carbocycles. The van der Waals surface area contributed by atoms with E-state index in [1.54, 1.807) is 37.5 Å². The number of primary amides is 1. The van der Waals surface area contributed by atoms with Crippen LogP contribution in [0, 0.1) is 5.41 Å². The van der Waals surface area contributed by atoms with E-state index >= 15 is 0 Å². The molecule has 7 N–H and O–H groups in total. The molecule has 0 bridgehead atoms. The number of hydrogen-bond acceptors (Lipinski definition) is 13. The first kappa shape index (κ1) is 46.4. The number of carbonyl (C=O) groups excluding carboxylic acids is 2. The van der Waals surface area contributed by atoms with Gasteiger partial charge in [-0.1, -0.05) is 35.9 Å². The number of nitrogens with zero attached hydrogens (tertiary/aromatic N) is 1. The third-order valence-electron chi connectivity index (χ3n) is 10.4. The highest BCUT2D eigenvalue weighted by Gasteiger charge is 2.45. The molecule has 1 amide bonds. The molecular weight excluding hydrogens is 804 g/mol. The number of nitrogens with two attached hydrogens (primary N) is 1. The number of fused-ring (bicyclic) bond motifs is 1. The Morgan fingerprint density at radius 1 is 1.10 bits per heavy atom. The average Bonchev–Trinajstić information content (AvgIpc) is 3.98. The summed E-state index contributed by atoms with van der Waals surface area (Å²) in [5, 5.41) is 38.7. The van der Waals surface area contributed by atoms with Gasteiger partial charge in [-0.25, -0.2) is 0 Å². The molecular formula is C42H53ClN4O9S2. The van der Waals surface area contributed by atoms with E-state index < -0.39 is 11.7 Å². The normalized spacial score (nSPS) is 16.7. The van der Waals surface area contributed by atoms with E-state index in [9.17, 15) is 24.9 Å². The summed E-state index contributed by atoms with van der Waals surface area (Å²) in [5.41, 5.74) is 6.06. The Bertz CT molecular complexity index is 2000. The van der Waals surface area contributed by atoms with Crippen LogP contribution in [0.3, 0.4) is 0 Å². The van der Waals surface area contributed by atoms with Crippen LogP contribution < -0.4 is 16.6 Å². The van der Waals surface area contributed by atoms with Crippen molar-refractivity contribution in [3.05, 3.63) is 120 Å². The van der Waals surface area contributed by atoms with Crippen molar-refractivity contribution in [3.63, 3.8) is 0 Å². The molecule has 1 unspecified atom stereocenters. The standard InChI is InChI=1S/C31H42ClN3O6.C10H8O2S2.CH3NO/c1-4-21(19-33-20-27(37)24-5-7-26(36)30-25(24)6-8-29(38)34-30)28(40-3)15-22(18-32)41-14-13-35-11-9-31(10-12-35)16-23(17-31)39-2;11-7-10(12,8-3-1-5-13-8)9-4-2-6-14-9;2-1-3/h4-8,15,18,23,27,33,36-37H,9-14,16-17,19-20H2,1-3H3,(H,34,38);1-7,12H;1H,(H2,2,3)/b21-4-,22-18-,28-15+;;. The third kappa shape index (κ3) is 12.1. The number of carbonyl (C=O) groups is 2. The van der Waals surface area contributed by atoms with Gasteiger partial charge in [0, 0.05) is 65.1 Å². The van der Waals surface area contributed by atoms with E-state index in [-0.39, 0.29) is 24.3 Å². The van der Waals surface area contributed by atoms with Crippen LogP contribution in [-0.4, -0.2) is 97.6 Å². The van der Waals surface area contributed by atoms with Crippen LogP contribution in [0.2, 0.25) is 0 Å². The number of pyridine rings is 1. The SMILES string of the molecule is C\C=C(CNCC(O)c1ccc(O)c2[nH]c(=O)ccc12)/C(=C\C(=C\Cl)OCCN1CCC2(CC1)CC(OC)C2)OC.NC=O.O=CC(O)(c1cccs1)c1cccs1. The predicted octanol–water partition coefficient (Wildman–Crippen LogP) is 5.67. The molecule has 0 radical (unpaired) electrons. The van der Waals surface area contributed by atoms with Crippen LogP contribution in [0.5, 0.6) is 5.75 Å². The fraction of sp³-hybridized carbons (Fsp3) is 0.405. The molecule has 3 aromatic heterocycles. The number of aromatic hydroxyl groups is 1. The van der Waals surface area contributed by atoms with Crippen LogP contribution in [0.1, 0.15) is 54.0 Å². The molecule has 4 aromatic rings. The van der Waals surface area contributed by atoms with E-state index in [0.717, 1.165) is 25.2 Å². The minimum atomic E-state index is -1.46. The lowest BCUT2D eigenvalue weighted by atomic mass is 9.61. The minimum Gasteiger partial charge on any atom is -0.506 e. The summed E-state index contributed by atoms with van der Waals surface area (Å²) >= 11 is 8.85. The molecule has 1 aliphatic heterocycles. The van der Waals surface area contributed by atoms with Crippen molar-refractivity contribution in [2.24, 2.45) is 11.1 Å². The second-order valence-electron chi connectivity index (χ2n) is 13.9. The Balaban J connectivity index is 0.000000362. The van der Waals surface area contributed by atoms with Gasteiger partial charge >= 0.3 is 0 Å². The van der Waals surface area contributed by atoms with Gasteiger partial charge in [-0.3, -0.25) is 19.3 Å². The number of H-pyrrole nitrogens is 1. The molecule has 58 heavy (non-hydrogen) atoms. The zero-order chi connectivity index (χ0) is 42.1. The largest absolute Gasteiger partial charge is 0.506 e. The number of aromatic nitrogens is 1. The van der Waals surface area contributed by atoms with Crippen molar-refractivity contribution in [2.75, 3.05) is 53.6 Å². The number of benzene rings is 1. The summed E-state index contributed by atoms with van der Waals surface area (Å²) in [6.45, 7) is 6.11. The van der Waals surface area contributed by atoms with E-state index in [0.29, 0.717) is 68.7 Å². The fourth-order valence-electron chi connectivity index (χ4n) is 7.10.